The minimum atomic E-state index is -5.41. The van der Waals surface area contributed by atoms with Crippen LogP contribution in [0, 0.1) is 153 Å². The van der Waals surface area contributed by atoms with Gasteiger partial charge < -0.3 is 26.6 Å². The fourth-order valence-corrected chi connectivity index (χ4v) is 31.5. The normalized spacial score (nSPS) is 37.4. The summed E-state index contributed by atoms with van der Waals surface area (Å²) >= 11 is 0. The Kier molecular flexibility index (Phi) is 37.6. The van der Waals surface area contributed by atoms with E-state index in [1.54, 1.807) is 30.4 Å². The van der Waals surface area contributed by atoms with Crippen LogP contribution in [0.15, 0.2) is 122 Å². The molecule has 0 aromatic carbocycles. The average Bonchev–Trinajstić information content (AvgIpc) is 1.56. The Bertz CT molecular complexity index is 3830. The average molecular weight is 1970 g/mol. The number of halogens is 26. The highest BCUT2D eigenvalue weighted by atomic mass is 28.4. The number of hydrogen-bond acceptors (Lipinski definition) is 6. The minimum absolute atomic E-state index is 0.0195. The van der Waals surface area contributed by atoms with Crippen molar-refractivity contribution in [2.24, 2.45) is 153 Å². The predicted octanol–water partition coefficient (Wildman–Crippen LogP) is 31.1. The van der Waals surface area contributed by atoms with Crippen LogP contribution in [0.3, 0.4) is 0 Å². The predicted molar refractivity (Wildman–Crippen MR) is 461 cm³/mol. The van der Waals surface area contributed by atoms with Crippen LogP contribution < -0.4 is 0 Å². The van der Waals surface area contributed by atoms with E-state index in [0.717, 1.165) is 147 Å². The van der Waals surface area contributed by atoms with Gasteiger partial charge >= 0.3 is 60.6 Å². The highest BCUT2D eigenvalue weighted by molar-refractivity contribution is 6.63. The van der Waals surface area contributed by atoms with Crippen molar-refractivity contribution in [2.45, 2.75) is 293 Å². The molecule has 0 aromatic heterocycles. The maximum Gasteiger partial charge on any atom is 0.504 e. The standard InChI is InChI=1S/C19H36O3Si.C16H30O3Si.2C9H8F6.C9H9F5.C8H9F3.C8H11F.2C7H8F2.C7H9F/c1-4-7-12-20-23(21-13-8-5-2,22-14-9-6-3)19-16-17-10-11-18(19)15-17;1-4-9-17-20(18-10-5-2,19-11-6-3)16-13-14-7-8-15(16)12-14;10-8(11,12)7(9(13,14)15)4-5-1-2-6(7)3-5;10-8(11,12)6-4-1-2-5(3-4)7(6)9(13,14)15;10-8(11,9(12,13)14)7-4-5-1-2-6(7)3-5;9-8(10,11)7-4-5-1-2-6(7)3-5;9-5-8-4-6-1-2-7(8)3-6;8-7(9)4-5-1-2-6(7)3-5;8-6-4-1-2-5(3-4)7(6)9;8-7-4-5-1-2-6(7)3-5/h10-11,17-19H,4-9,12-16H2,1-3H3;7-8,14-16H,4-6,9-13H2,1-3H3;1-2,5-6H,3-4H2;1-2,4-7H,3H2;1-2,5-7H,3-4H2;1-2,5-7H,3-4H2;1-2,6-8H,3-5H2;1-2,5-6H,3-4H2;1-2,4-7H,3H2;1-2,5-7H,3-4H2. The van der Waals surface area contributed by atoms with Gasteiger partial charge in [0.2, 0.25) is 0 Å². The number of hydrogen-bond donors (Lipinski definition) is 0. The minimum Gasteiger partial charge on any atom is -0.373 e. The van der Waals surface area contributed by atoms with Gasteiger partial charge in [-0.15, -0.1) is 0 Å². The summed E-state index contributed by atoms with van der Waals surface area (Å²) in [6, 6.07) is 0. The summed E-state index contributed by atoms with van der Waals surface area (Å²) in [6.45, 7) is 17.6. The van der Waals surface area contributed by atoms with Gasteiger partial charge in [0, 0.05) is 92.7 Å². The molecule has 0 aromatic rings. The first-order chi connectivity index (χ1) is 62.5. The van der Waals surface area contributed by atoms with Crippen LogP contribution in [-0.2, 0) is 26.6 Å². The monoisotopic (exact) mass is 1970 g/mol. The van der Waals surface area contributed by atoms with Crippen LogP contribution in [-0.4, -0.2) is 131 Å². The van der Waals surface area contributed by atoms with Crippen LogP contribution in [0.2, 0.25) is 11.1 Å². The highest BCUT2D eigenvalue weighted by Gasteiger charge is 2.77. The Morgan fingerprint density at radius 2 is 0.624 bits per heavy atom. The molecule has 0 heterocycles. The molecule has 0 saturated heterocycles. The second-order valence-electron chi connectivity index (χ2n) is 40.6. The summed E-state index contributed by atoms with van der Waals surface area (Å²) < 4.78 is 362. The Labute approximate surface area is 769 Å². The summed E-state index contributed by atoms with van der Waals surface area (Å²) in [5.74, 6) is -13.8. The number of unbranched alkanes of at least 4 members (excludes halogenated alkanes) is 3. The first kappa shape index (κ1) is 109. The van der Waals surface area contributed by atoms with Crippen molar-refractivity contribution in [3.63, 3.8) is 0 Å². The van der Waals surface area contributed by atoms with Gasteiger partial charge in [0.05, 0.1) is 24.4 Å². The van der Waals surface area contributed by atoms with Gasteiger partial charge in [0.1, 0.15) is 18.5 Å². The maximum atomic E-state index is 12.9. The Balaban J connectivity index is 0.000000145. The summed E-state index contributed by atoms with van der Waals surface area (Å²) in [5, 5.41) is 0. The molecule has 34 heteroatoms. The van der Waals surface area contributed by atoms with E-state index < -0.39 is 156 Å². The fraction of sp³-hybridized carbons (Fsp3) is 0.798. The largest absolute Gasteiger partial charge is 0.504 e. The lowest BCUT2D eigenvalue weighted by Gasteiger charge is -2.38. The lowest BCUT2D eigenvalue weighted by atomic mass is 9.74. The quantitative estimate of drug-likeness (QED) is 0.0393. The zero-order valence-corrected chi connectivity index (χ0v) is 78.7. The van der Waals surface area contributed by atoms with Gasteiger partial charge in [-0.3, -0.25) is 4.39 Å². The van der Waals surface area contributed by atoms with Crippen LogP contribution in [0.4, 0.5) is 114 Å². The van der Waals surface area contributed by atoms with Gasteiger partial charge in [-0.05, 0) is 242 Å². The summed E-state index contributed by atoms with van der Waals surface area (Å²) in [4.78, 5) is 0. The lowest BCUT2D eigenvalue weighted by Crippen LogP contribution is -2.52. The van der Waals surface area contributed by atoms with Crippen LogP contribution in [0.25, 0.3) is 0 Å². The third-order valence-corrected chi connectivity index (χ3v) is 37.9. The molecule has 758 valence electrons. The van der Waals surface area contributed by atoms with Gasteiger partial charge in [0.25, 0.3) is 5.92 Å². The van der Waals surface area contributed by atoms with Gasteiger partial charge in [-0.25, -0.2) is 22.0 Å². The van der Waals surface area contributed by atoms with Crippen molar-refractivity contribution in [3.8, 4) is 0 Å². The van der Waals surface area contributed by atoms with Crippen molar-refractivity contribution < 1.29 is 141 Å². The molecule has 0 N–H and O–H groups in total. The fourth-order valence-electron chi connectivity index (χ4n) is 24.3. The Morgan fingerprint density at radius 1 is 0.293 bits per heavy atom. The molecule has 133 heavy (non-hydrogen) atoms. The zero-order chi connectivity index (χ0) is 97.2. The number of rotatable bonds is 25. The first-order valence-electron chi connectivity index (χ1n) is 48.8. The molecule has 0 spiro atoms. The van der Waals surface area contributed by atoms with Crippen LogP contribution >= 0.6 is 0 Å². The van der Waals surface area contributed by atoms with E-state index in [9.17, 15) is 114 Å². The number of fused-ring (bicyclic) bond motifs is 20. The molecule has 0 radical (unpaired) electrons. The smallest absolute Gasteiger partial charge is 0.373 e. The Hall–Kier alpha value is -4.23. The molecule has 0 aliphatic heterocycles. The number of alkyl halides is 26. The van der Waals surface area contributed by atoms with Gasteiger partial charge in [-0.1, -0.05) is 182 Å². The van der Waals surface area contributed by atoms with Crippen molar-refractivity contribution in [1.82, 2.24) is 0 Å². The molecule has 6 nitrogen and oxygen atoms in total. The number of allylic oxidation sites excluding steroid dienone is 20. The second kappa shape index (κ2) is 45.8. The van der Waals surface area contributed by atoms with E-state index in [0.29, 0.717) is 72.3 Å². The molecular formula is C99H136F26O6Si2. The van der Waals surface area contributed by atoms with Crippen LogP contribution in [0.1, 0.15) is 215 Å². The van der Waals surface area contributed by atoms with Crippen molar-refractivity contribution in [3.05, 3.63) is 122 Å². The molecule has 30 unspecified atom stereocenters. The molecule has 30 atom stereocenters. The molecule has 20 bridgehead atoms. The molecule has 10 saturated carbocycles. The summed E-state index contributed by atoms with van der Waals surface area (Å²) in [7, 11) is -5.11. The van der Waals surface area contributed by atoms with E-state index in [2.05, 4.69) is 84.1 Å². The second-order valence-corrected chi connectivity index (χ2v) is 46.2. The lowest BCUT2D eigenvalue weighted by molar-refractivity contribution is -0.349. The Morgan fingerprint density at radius 3 is 0.835 bits per heavy atom. The zero-order valence-electron chi connectivity index (χ0n) is 76.7. The van der Waals surface area contributed by atoms with E-state index in [1.807, 2.05) is 18.2 Å². The molecule has 20 rings (SSSR count). The topological polar surface area (TPSA) is 55.4 Å². The summed E-state index contributed by atoms with van der Waals surface area (Å²) in [5.41, 5.74) is -2.52. The van der Waals surface area contributed by atoms with Crippen molar-refractivity contribution in [2.75, 3.05) is 46.3 Å². The summed E-state index contributed by atoms with van der Waals surface area (Å²) in [6.07, 6.45) is 26.1. The van der Waals surface area contributed by atoms with E-state index in [4.69, 9.17) is 26.6 Å². The first-order valence-corrected chi connectivity index (χ1v) is 52.4. The van der Waals surface area contributed by atoms with Crippen molar-refractivity contribution in [1.29, 1.82) is 0 Å². The molecular weight excluding hydrogens is 1840 g/mol. The molecule has 20 aliphatic carbocycles. The van der Waals surface area contributed by atoms with E-state index >= 15 is 0 Å². The SMILES string of the molecule is CCCCO[Si](OCCCC)(OCCCC)C1CC2C=CC1C2.CCCO[Si](OCCC)(OCCC)C1CC2C=CC1C2.FC(F)(F)C(F)(F)C1CC2C=CC1C2.FC(F)(F)C1(C(F)(F)F)CC2C=CC1C2.FC(F)(F)C1C2C=CC(C2)C1C(F)(F)F.FC(F)(F)C1CC2C=CC1C2.FC1(F)CC2C=CC1C2.FC1C2C=CC(C2)C1F.FC1CC2C=CC1C2.FCC1CC2C=CC1C2. The maximum absolute atomic E-state index is 12.9. The molecule has 10 fully saturated rings. The van der Waals surface area contributed by atoms with E-state index in [1.165, 1.54) is 56.4 Å². The molecule has 0 amide bonds. The third kappa shape index (κ3) is 26.2. The third-order valence-electron chi connectivity index (χ3n) is 31.2. The van der Waals surface area contributed by atoms with E-state index in [-0.39, 0.29) is 67.9 Å². The highest BCUT2D eigenvalue weighted by Crippen LogP contribution is 2.67. The van der Waals surface area contributed by atoms with Gasteiger partial charge in [0.15, 0.2) is 5.41 Å². The molecule has 20 aliphatic rings. The van der Waals surface area contributed by atoms with Crippen molar-refractivity contribution >= 4 is 17.6 Å². The van der Waals surface area contributed by atoms with Crippen LogP contribution in [0.5, 0.6) is 0 Å². The van der Waals surface area contributed by atoms with Gasteiger partial charge in [-0.2, -0.15) is 87.8 Å².